The maximum absolute atomic E-state index is 12.8. The van der Waals surface area contributed by atoms with Crippen LogP contribution in [0.5, 0.6) is 0 Å². The Kier molecular flexibility index (Phi) is 7.05. The zero-order valence-electron chi connectivity index (χ0n) is 15.5. The van der Waals surface area contributed by atoms with Crippen LogP contribution in [0.1, 0.15) is 11.1 Å². The number of carbonyl (C=O) groups excluding carboxylic acids is 1. The van der Waals surface area contributed by atoms with Gasteiger partial charge < -0.3 is 5.32 Å². The molecule has 0 spiro atoms. The van der Waals surface area contributed by atoms with Crippen LogP contribution in [0.25, 0.3) is 0 Å². The topological polar surface area (TPSA) is 35.6 Å². The van der Waals surface area contributed by atoms with Crippen LogP contribution in [0.4, 0.5) is 18.9 Å². The van der Waals surface area contributed by atoms with Crippen molar-refractivity contribution in [2.24, 2.45) is 0 Å². The highest BCUT2D eigenvalue weighted by atomic mass is 35.5. The molecule has 156 valence electrons. The van der Waals surface area contributed by atoms with Gasteiger partial charge in [0.15, 0.2) is 0 Å². The molecule has 0 radical (unpaired) electrons. The van der Waals surface area contributed by atoms with Crippen molar-refractivity contribution in [3.8, 4) is 0 Å². The minimum Gasteiger partial charge on any atom is -0.325 e. The van der Waals surface area contributed by atoms with Crippen molar-refractivity contribution >= 4 is 34.8 Å². The van der Waals surface area contributed by atoms with E-state index in [1.54, 1.807) is 12.1 Å². The molecule has 3 rings (SSSR count). The van der Waals surface area contributed by atoms with Crippen LogP contribution < -0.4 is 5.32 Å². The fraction of sp³-hybridized carbons (Fsp3) is 0.350. The molecule has 0 aliphatic carbocycles. The van der Waals surface area contributed by atoms with Crippen molar-refractivity contribution < 1.29 is 18.0 Å². The van der Waals surface area contributed by atoms with Crippen molar-refractivity contribution in [3.05, 3.63) is 63.6 Å². The van der Waals surface area contributed by atoms with Gasteiger partial charge in [-0.1, -0.05) is 35.3 Å². The number of benzene rings is 2. The average Bonchev–Trinajstić information content (AvgIpc) is 2.65. The standard InChI is InChI=1S/C20H20Cl2F3N3O/c21-16-5-4-14(18(22)11-16)12-27-6-8-28(9-7-27)13-19(29)26-17-3-1-2-15(10-17)20(23,24)25/h1-5,10-11H,6-9,12-13H2,(H,26,29). The summed E-state index contributed by atoms with van der Waals surface area (Å²) >= 11 is 12.1. The smallest absolute Gasteiger partial charge is 0.325 e. The van der Waals surface area contributed by atoms with E-state index in [4.69, 9.17) is 23.2 Å². The van der Waals surface area contributed by atoms with Gasteiger partial charge in [-0.2, -0.15) is 13.2 Å². The monoisotopic (exact) mass is 445 g/mol. The molecule has 9 heteroatoms. The van der Waals surface area contributed by atoms with Crippen molar-refractivity contribution in [1.82, 2.24) is 9.80 Å². The number of hydrogen-bond donors (Lipinski definition) is 1. The van der Waals surface area contributed by atoms with Crippen LogP contribution in [0.15, 0.2) is 42.5 Å². The van der Waals surface area contributed by atoms with Crippen molar-refractivity contribution in [3.63, 3.8) is 0 Å². The Labute approximate surface area is 177 Å². The van der Waals surface area contributed by atoms with E-state index in [-0.39, 0.29) is 18.1 Å². The molecule has 2 aromatic carbocycles. The van der Waals surface area contributed by atoms with Gasteiger partial charge in [0.2, 0.25) is 5.91 Å². The van der Waals surface area contributed by atoms with Gasteiger partial charge in [0.05, 0.1) is 12.1 Å². The molecular weight excluding hydrogens is 426 g/mol. The maximum Gasteiger partial charge on any atom is 0.416 e. The quantitative estimate of drug-likeness (QED) is 0.719. The predicted molar refractivity (Wildman–Crippen MR) is 108 cm³/mol. The lowest BCUT2D eigenvalue weighted by atomic mass is 10.2. The number of anilines is 1. The molecule has 0 aromatic heterocycles. The number of halogens is 5. The second-order valence-electron chi connectivity index (χ2n) is 6.91. The van der Waals surface area contributed by atoms with Crippen LogP contribution in [0.2, 0.25) is 10.0 Å². The highest BCUT2D eigenvalue weighted by Crippen LogP contribution is 2.30. The zero-order valence-corrected chi connectivity index (χ0v) is 17.0. The van der Waals surface area contributed by atoms with Crippen LogP contribution in [0, 0.1) is 0 Å². The predicted octanol–water partition coefficient (Wildman–Crippen LogP) is 4.77. The lowest BCUT2D eigenvalue weighted by Gasteiger charge is -2.34. The molecular formula is C20H20Cl2F3N3O. The molecule has 1 saturated heterocycles. The number of nitrogens with one attached hydrogen (secondary N) is 1. The summed E-state index contributed by atoms with van der Waals surface area (Å²) in [6, 6.07) is 10.1. The summed E-state index contributed by atoms with van der Waals surface area (Å²) in [5.74, 6) is -0.335. The highest BCUT2D eigenvalue weighted by Gasteiger charge is 2.30. The third-order valence-corrected chi connectivity index (χ3v) is 5.30. The van der Waals surface area contributed by atoms with Crippen molar-refractivity contribution in [1.29, 1.82) is 0 Å². The molecule has 2 aromatic rings. The average molecular weight is 446 g/mol. The summed E-state index contributed by atoms with van der Waals surface area (Å²) in [5, 5.41) is 3.76. The first kappa shape index (κ1) is 21.9. The number of piperazine rings is 1. The van der Waals surface area contributed by atoms with E-state index in [9.17, 15) is 18.0 Å². The first-order valence-electron chi connectivity index (χ1n) is 9.06. The molecule has 1 N–H and O–H groups in total. The van der Waals surface area contributed by atoms with E-state index in [0.29, 0.717) is 29.7 Å². The zero-order chi connectivity index (χ0) is 21.0. The van der Waals surface area contributed by atoms with E-state index in [0.717, 1.165) is 30.8 Å². The Hall–Kier alpha value is -1.80. The summed E-state index contributed by atoms with van der Waals surface area (Å²) in [5.41, 5.74) is 0.345. The van der Waals surface area contributed by atoms with Crippen LogP contribution >= 0.6 is 23.2 Å². The largest absolute Gasteiger partial charge is 0.416 e. The number of hydrogen-bond acceptors (Lipinski definition) is 3. The number of alkyl halides is 3. The summed E-state index contributed by atoms with van der Waals surface area (Å²) < 4.78 is 38.3. The Bertz CT molecular complexity index is 868. The van der Waals surface area contributed by atoms with Gasteiger partial charge in [-0.25, -0.2) is 0 Å². The van der Waals surface area contributed by atoms with E-state index < -0.39 is 11.7 Å². The van der Waals surface area contributed by atoms with Crippen LogP contribution in [-0.4, -0.2) is 48.4 Å². The normalized spacial score (nSPS) is 16.0. The molecule has 0 bridgehead atoms. The second kappa shape index (κ2) is 9.34. The fourth-order valence-electron chi connectivity index (χ4n) is 3.17. The van der Waals surface area contributed by atoms with E-state index >= 15 is 0 Å². The summed E-state index contributed by atoms with van der Waals surface area (Å²) in [6.07, 6.45) is -4.44. The summed E-state index contributed by atoms with van der Waals surface area (Å²) in [6.45, 7) is 3.71. The van der Waals surface area contributed by atoms with Gasteiger partial charge >= 0.3 is 6.18 Å². The fourth-order valence-corrected chi connectivity index (χ4v) is 3.64. The molecule has 1 heterocycles. The second-order valence-corrected chi connectivity index (χ2v) is 7.76. The Morgan fingerprint density at radius 2 is 1.69 bits per heavy atom. The van der Waals surface area contributed by atoms with E-state index in [2.05, 4.69) is 10.2 Å². The number of amides is 1. The van der Waals surface area contributed by atoms with E-state index in [1.807, 2.05) is 11.0 Å². The Morgan fingerprint density at radius 1 is 1.00 bits per heavy atom. The molecule has 0 atom stereocenters. The van der Waals surface area contributed by atoms with Gasteiger partial charge in [-0.15, -0.1) is 0 Å². The minimum absolute atomic E-state index is 0.131. The lowest BCUT2D eigenvalue weighted by Crippen LogP contribution is -2.48. The third kappa shape index (κ3) is 6.34. The van der Waals surface area contributed by atoms with E-state index in [1.165, 1.54) is 12.1 Å². The van der Waals surface area contributed by atoms with Crippen LogP contribution in [-0.2, 0) is 17.5 Å². The molecule has 29 heavy (non-hydrogen) atoms. The van der Waals surface area contributed by atoms with Gasteiger partial charge in [-0.05, 0) is 35.9 Å². The summed E-state index contributed by atoms with van der Waals surface area (Å²) in [4.78, 5) is 16.4. The molecule has 0 unspecified atom stereocenters. The third-order valence-electron chi connectivity index (χ3n) is 4.71. The SMILES string of the molecule is O=C(CN1CCN(Cc2ccc(Cl)cc2Cl)CC1)Nc1cccc(C(F)(F)F)c1. The lowest BCUT2D eigenvalue weighted by molar-refractivity contribution is -0.137. The highest BCUT2D eigenvalue weighted by molar-refractivity contribution is 6.35. The van der Waals surface area contributed by atoms with Crippen molar-refractivity contribution in [2.75, 3.05) is 38.0 Å². The summed E-state index contributed by atoms with van der Waals surface area (Å²) in [7, 11) is 0. The van der Waals surface area contributed by atoms with Gasteiger partial charge in [0.25, 0.3) is 0 Å². The maximum atomic E-state index is 12.8. The minimum atomic E-state index is -4.44. The first-order chi connectivity index (χ1) is 13.7. The van der Waals surface area contributed by atoms with Crippen LogP contribution in [0.3, 0.4) is 0 Å². The molecule has 1 fully saturated rings. The van der Waals surface area contributed by atoms with Gasteiger partial charge in [0, 0.05) is 48.5 Å². The number of rotatable bonds is 5. The number of nitrogens with zero attached hydrogens (tertiary/aromatic N) is 2. The first-order valence-corrected chi connectivity index (χ1v) is 9.82. The molecule has 1 aliphatic heterocycles. The molecule has 4 nitrogen and oxygen atoms in total. The Morgan fingerprint density at radius 3 is 2.34 bits per heavy atom. The molecule has 1 amide bonds. The number of carbonyl (C=O) groups is 1. The molecule has 0 saturated carbocycles. The van der Waals surface area contributed by atoms with Gasteiger partial charge in [0.1, 0.15) is 0 Å². The van der Waals surface area contributed by atoms with Crippen molar-refractivity contribution in [2.45, 2.75) is 12.7 Å². The Balaban J connectivity index is 1.47. The molecule has 1 aliphatic rings. The van der Waals surface area contributed by atoms with Gasteiger partial charge in [-0.3, -0.25) is 14.6 Å².